The lowest BCUT2D eigenvalue weighted by molar-refractivity contribution is 0.0426. The molecule has 0 unspecified atom stereocenters. The maximum Gasteiger partial charge on any atom is 0.257 e. The molecule has 0 bridgehead atoms. The summed E-state index contributed by atoms with van der Waals surface area (Å²) in [5.74, 6) is -0.0128. The fourth-order valence-corrected chi connectivity index (χ4v) is 4.79. The first-order valence-corrected chi connectivity index (χ1v) is 11.0. The number of amides is 1. The van der Waals surface area contributed by atoms with E-state index >= 15 is 0 Å². The quantitative estimate of drug-likeness (QED) is 0.633. The third-order valence-electron chi connectivity index (χ3n) is 6.00. The highest BCUT2D eigenvalue weighted by molar-refractivity contribution is 6.30. The van der Waals surface area contributed by atoms with Crippen molar-refractivity contribution in [1.82, 2.24) is 14.7 Å². The Balaban J connectivity index is 1.52. The first-order chi connectivity index (χ1) is 15.1. The monoisotopic (exact) mass is 436 g/mol. The largest absolute Gasteiger partial charge is 0.376 e. The van der Waals surface area contributed by atoms with Crippen LogP contribution in [-0.2, 0) is 11.3 Å². The van der Waals surface area contributed by atoms with E-state index in [-0.39, 0.29) is 12.0 Å². The Bertz CT molecular complexity index is 1090. The summed E-state index contributed by atoms with van der Waals surface area (Å²) in [6, 6.07) is 17.7. The van der Waals surface area contributed by atoms with Gasteiger partial charge in [-0.15, -0.1) is 0 Å². The van der Waals surface area contributed by atoms with Crippen molar-refractivity contribution in [2.45, 2.75) is 38.6 Å². The van der Waals surface area contributed by atoms with Gasteiger partial charge in [0, 0.05) is 18.8 Å². The molecule has 5 rings (SSSR count). The first-order valence-electron chi connectivity index (χ1n) is 10.7. The van der Waals surface area contributed by atoms with E-state index < -0.39 is 6.17 Å². The van der Waals surface area contributed by atoms with Gasteiger partial charge in [-0.3, -0.25) is 4.79 Å². The number of hydrogen-bond donors (Lipinski definition) is 1. The summed E-state index contributed by atoms with van der Waals surface area (Å²) in [7, 11) is 0. The van der Waals surface area contributed by atoms with Crippen molar-refractivity contribution in [3.8, 4) is 0 Å². The molecule has 2 aromatic carbocycles. The van der Waals surface area contributed by atoms with Gasteiger partial charge in [0.25, 0.3) is 5.91 Å². The Morgan fingerprint density at radius 2 is 1.94 bits per heavy atom. The second kappa shape index (κ2) is 8.36. The number of nitrogens with one attached hydrogen (secondary N) is 1. The fourth-order valence-electron chi connectivity index (χ4n) is 4.46. The Morgan fingerprint density at radius 3 is 2.71 bits per heavy atom. The van der Waals surface area contributed by atoms with E-state index in [1.54, 1.807) is 4.68 Å². The van der Waals surface area contributed by atoms with Crippen LogP contribution < -0.4 is 5.32 Å². The molecule has 2 aliphatic heterocycles. The van der Waals surface area contributed by atoms with Crippen LogP contribution in [0.1, 0.15) is 46.2 Å². The number of benzene rings is 2. The third-order valence-corrected chi connectivity index (χ3v) is 6.40. The van der Waals surface area contributed by atoms with Crippen LogP contribution >= 0.6 is 11.6 Å². The lowest BCUT2D eigenvalue weighted by atomic mass is 10.0. The number of ether oxygens (including phenoxy) is 1. The van der Waals surface area contributed by atoms with Crippen molar-refractivity contribution in [3.63, 3.8) is 0 Å². The molecule has 6 nitrogen and oxygen atoms in total. The summed E-state index contributed by atoms with van der Waals surface area (Å²) < 4.78 is 7.65. The van der Waals surface area contributed by atoms with Gasteiger partial charge in [-0.2, -0.15) is 5.10 Å². The number of aryl methyl sites for hydroxylation is 1. The zero-order valence-corrected chi connectivity index (χ0v) is 18.2. The van der Waals surface area contributed by atoms with Crippen LogP contribution in [0.3, 0.4) is 0 Å². The van der Waals surface area contributed by atoms with Crippen molar-refractivity contribution >= 4 is 23.2 Å². The molecule has 0 aliphatic carbocycles. The lowest BCUT2D eigenvalue weighted by Gasteiger charge is -2.39. The Kier molecular flexibility index (Phi) is 5.42. The zero-order chi connectivity index (χ0) is 21.4. The molecule has 1 amide bonds. The third kappa shape index (κ3) is 3.82. The number of hydrogen-bond acceptors (Lipinski definition) is 4. The standard InChI is InChI=1S/C24H25ClN4O2/c1-16-21(22(25)29(27-16)14-17-8-3-2-4-9-17)23-26-20-12-6-5-11-19(20)24(30)28(23)15-18-10-7-13-31-18/h2-6,8-9,11-12,18,23,26H,7,10,13-15H2,1H3/t18-,23+/m0/s1. The van der Waals surface area contributed by atoms with Crippen molar-refractivity contribution in [2.75, 3.05) is 18.5 Å². The molecular weight excluding hydrogens is 412 g/mol. The molecule has 2 atom stereocenters. The van der Waals surface area contributed by atoms with Crippen LogP contribution in [-0.4, -0.2) is 39.8 Å². The Labute approximate surface area is 186 Å². The van der Waals surface area contributed by atoms with Crippen molar-refractivity contribution in [1.29, 1.82) is 0 Å². The zero-order valence-electron chi connectivity index (χ0n) is 17.4. The molecule has 0 spiro atoms. The van der Waals surface area contributed by atoms with Crippen LogP contribution in [0.15, 0.2) is 54.6 Å². The summed E-state index contributed by atoms with van der Waals surface area (Å²) >= 11 is 6.86. The van der Waals surface area contributed by atoms with E-state index in [9.17, 15) is 4.79 Å². The number of halogens is 1. The van der Waals surface area contributed by atoms with Crippen LogP contribution in [0.2, 0.25) is 5.15 Å². The van der Waals surface area contributed by atoms with E-state index in [0.717, 1.165) is 42.0 Å². The minimum absolute atomic E-state index is 0.0128. The molecule has 0 radical (unpaired) electrons. The average Bonchev–Trinajstić information content (AvgIpc) is 3.39. The van der Waals surface area contributed by atoms with Crippen molar-refractivity contribution in [3.05, 3.63) is 82.1 Å². The van der Waals surface area contributed by atoms with E-state index in [1.807, 2.05) is 54.3 Å². The summed E-state index contributed by atoms with van der Waals surface area (Å²) in [6.07, 6.45) is 1.62. The molecule has 0 saturated carbocycles. The summed E-state index contributed by atoms with van der Waals surface area (Å²) in [4.78, 5) is 15.3. The number of fused-ring (bicyclic) bond motifs is 1. The second-order valence-corrected chi connectivity index (χ2v) is 8.48. The van der Waals surface area contributed by atoms with Gasteiger partial charge in [0.2, 0.25) is 0 Å². The minimum atomic E-state index is -0.399. The molecule has 3 heterocycles. The Morgan fingerprint density at radius 1 is 1.16 bits per heavy atom. The SMILES string of the molecule is Cc1nn(Cc2ccccc2)c(Cl)c1[C@@H]1Nc2ccccc2C(=O)N1C[C@@H]1CCCO1. The van der Waals surface area contributed by atoms with Gasteiger partial charge in [0.1, 0.15) is 11.3 Å². The maximum absolute atomic E-state index is 13.5. The highest BCUT2D eigenvalue weighted by Crippen LogP contribution is 2.38. The minimum Gasteiger partial charge on any atom is -0.376 e. The normalized spacial score (nSPS) is 20.6. The molecular formula is C24H25ClN4O2. The maximum atomic E-state index is 13.5. The molecule has 1 N–H and O–H groups in total. The molecule has 3 aromatic rings. The number of rotatable bonds is 5. The molecule has 7 heteroatoms. The predicted molar refractivity (Wildman–Crippen MR) is 120 cm³/mol. The van der Waals surface area contributed by atoms with Gasteiger partial charge >= 0.3 is 0 Å². The van der Waals surface area contributed by atoms with E-state index in [0.29, 0.717) is 23.8 Å². The van der Waals surface area contributed by atoms with Gasteiger partial charge in [0.15, 0.2) is 0 Å². The van der Waals surface area contributed by atoms with Gasteiger partial charge in [-0.1, -0.05) is 54.1 Å². The van der Waals surface area contributed by atoms with Crippen LogP contribution in [0.25, 0.3) is 0 Å². The Hall–Kier alpha value is -2.83. The number of nitrogens with zero attached hydrogens (tertiary/aromatic N) is 3. The van der Waals surface area contributed by atoms with Crippen LogP contribution in [0, 0.1) is 6.92 Å². The summed E-state index contributed by atoms with van der Waals surface area (Å²) in [6.45, 7) is 3.78. The highest BCUT2D eigenvalue weighted by atomic mass is 35.5. The number of para-hydroxylation sites is 1. The van der Waals surface area contributed by atoms with Gasteiger partial charge in [-0.25, -0.2) is 4.68 Å². The number of carbonyl (C=O) groups excluding carboxylic acids is 1. The lowest BCUT2D eigenvalue weighted by Crippen LogP contribution is -2.46. The van der Waals surface area contributed by atoms with Crippen molar-refractivity contribution < 1.29 is 9.53 Å². The van der Waals surface area contributed by atoms with E-state index in [2.05, 4.69) is 17.4 Å². The summed E-state index contributed by atoms with van der Waals surface area (Å²) in [5, 5.41) is 8.79. The number of aromatic nitrogens is 2. The fraction of sp³-hybridized carbons (Fsp3) is 0.333. The molecule has 1 aromatic heterocycles. The predicted octanol–water partition coefficient (Wildman–Crippen LogP) is 4.64. The second-order valence-electron chi connectivity index (χ2n) is 8.12. The average molecular weight is 437 g/mol. The van der Waals surface area contributed by atoms with Crippen molar-refractivity contribution in [2.24, 2.45) is 0 Å². The van der Waals surface area contributed by atoms with Crippen LogP contribution in [0.4, 0.5) is 5.69 Å². The molecule has 160 valence electrons. The molecule has 2 aliphatic rings. The molecule has 31 heavy (non-hydrogen) atoms. The van der Waals surface area contributed by atoms with Gasteiger partial charge in [-0.05, 0) is 37.5 Å². The summed E-state index contributed by atoms with van der Waals surface area (Å²) in [5.41, 5.74) is 4.24. The smallest absolute Gasteiger partial charge is 0.257 e. The van der Waals surface area contributed by atoms with E-state index in [4.69, 9.17) is 21.4 Å². The van der Waals surface area contributed by atoms with E-state index in [1.165, 1.54) is 0 Å². The topological polar surface area (TPSA) is 59.4 Å². The van der Waals surface area contributed by atoms with Gasteiger partial charge < -0.3 is 15.0 Å². The molecule has 1 fully saturated rings. The van der Waals surface area contributed by atoms with Gasteiger partial charge in [0.05, 0.1) is 29.5 Å². The first kappa shape index (κ1) is 20.1. The number of carbonyl (C=O) groups is 1. The highest BCUT2D eigenvalue weighted by Gasteiger charge is 2.38. The number of anilines is 1. The van der Waals surface area contributed by atoms with Crippen LogP contribution in [0.5, 0.6) is 0 Å². The molecule has 1 saturated heterocycles.